The van der Waals surface area contributed by atoms with Crippen LogP contribution in [0.5, 0.6) is 11.5 Å². The number of rotatable bonds is 10. The highest BCUT2D eigenvalue weighted by Gasteiger charge is 2.32. The first kappa shape index (κ1) is 28.4. The molecule has 0 aromatic heterocycles. The van der Waals surface area contributed by atoms with Crippen LogP contribution >= 0.6 is 0 Å². The SMILES string of the molecule is CCOc1cc([C@@H]2NC(=O)NC(C)=C2C(=O)OC)ccc1OC[C@H](O)N/N=C\c1c2ccccc2cc2ccccc12. The standard InChI is InChI=1S/C32H32N4O6/c1-4-41-27-16-22(30-29(31(38)40-3)19(2)34-32(39)35-30)13-14-26(27)42-18-28(37)36-33-17-25-23-11-7-5-9-20(23)15-21-10-6-8-12-24(21)25/h5-17,28,30,36-37H,4,18H2,1-3H3,(H2,34,35,39)/b33-17-/t28-,30-/m0/s1. The molecule has 0 spiro atoms. The van der Waals surface area contributed by atoms with E-state index in [4.69, 9.17) is 14.2 Å². The van der Waals surface area contributed by atoms with Gasteiger partial charge in [0.25, 0.3) is 0 Å². The van der Waals surface area contributed by atoms with E-state index in [0.717, 1.165) is 27.1 Å². The molecule has 2 atom stereocenters. The zero-order valence-corrected chi connectivity index (χ0v) is 23.5. The fraction of sp³-hybridized carbons (Fsp3) is 0.219. The van der Waals surface area contributed by atoms with E-state index in [1.165, 1.54) is 7.11 Å². The van der Waals surface area contributed by atoms with E-state index in [-0.39, 0.29) is 12.2 Å². The van der Waals surface area contributed by atoms with Crippen molar-refractivity contribution in [3.63, 3.8) is 0 Å². The number of esters is 1. The van der Waals surface area contributed by atoms with Crippen molar-refractivity contribution in [2.24, 2.45) is 5.10 Å². The summed E-state index contributed by atoms with van der Waals surface area (Å²) in [5, 5.41) is 24.5. The highest BCUT2D eigenvalue weighted by Crippen LogP contribution is 2.35. The summed E-state index contributed by atoms with van der Waals surface area (Å²) >= 11 is 0. The van der Waals surface area contributed by atoms with E-state index in [2.05, 4.69) is 39.4 Å². The van der Waals surface area contributed by atoms with Gasteiger partial charge in [0.05, 0.1) is 31.5 Å². The molecule has 4 aromatic rings. The van der Waals surface area contributed by atoms with Gasteiger partial charge in [0.2, 0.25) is 0 Å². The molecular formula is C32H32N4O6. The summed E-state index contributed by atoms with van der Waals surface area (Å²) in [7, 11) is 1.28. The molecule has 0 unspecified atom stereocenters. The minimum Gasteiger partial charge on any atom is -0.490 e. The number of benzene rings is 4. The van der Waals surface area contributed by atoms with Crippen molar-refractivity contribution < 1.29 is 28.9 Å². The van der Waals surface area contributed by atoms with E-state index in [9.17, 15) is 14.7 Å². The Bertz CT molecular complexity index is 1650. The van der Waals surface area contributed by atoms with Gasteiger partial charge in [0.1, 0.15) is 6.61 Å². The van der Waals surface area contributed by atoms with Crippen LogP contribution in [-0.4, -0.2) is 49.9 Å². The van der Waals surface area contributed by atoms with Crippen LogP contribution < -0.4 is 25.5 Å². The fourth-order valence-electron chi connectivity index (χ4n) is 5.00. The Hall–Kier alpha value is -5.09. The maximum atomic E-state index is 12.5. The quantitative estimate of drug-likeness (QED) is 0.0728. The summed E-state index contributed by atoms with van der Waals surface area (Å²) in [5.74, 6) is 0.211. The number of nitrogens with zero attached hydrogens (tertiary/aromatic N) is 1. The first-order valence-electron chi connectivity index (χ1n) is 13.5. The van der Waals surface area contributed by atoms with Crippen molar-refractivity contribution in [2.75, 3.05) is 20.3 Å². The molecule has 0 radical (unpaired) electrons. The molecule has 1 aliphatic rings. The minimum atomic E-state index is -1.11. The number of hydrazone groups is 1. The van der Waals surface area contributed by atoms with Gasteiger partial charge in [0.15, 0.2) is 17.7 Å². The van der Waals surface area contributed by atoms with Crippen LogP contribution in [-0.2, 0) is 9.53 Å². The zero-order chi connectivity index (χ0) is 29.6. The summed E-state index contributed by atoms with van der Waals surface area (Å²) in [5.41, 5.74) is 4.96. The van der Waals surface area contributed by atoms with Crippen LogP contribution in [0.15, 0.2) is 89.2 Å². The molecule has 216 valence electrons. The largest absolute Gasteiger partial charge is 0.490 e. The van der Waals surface area contributed by atoms with E-state index < -0.39 is 24.3 Å². The van der Waals surface area contributed by atoms with Crippen LogP contribution in [0.2, 0.25) is 0 Å². The maximum Gasteiger partial charge on any atom is 0.337 e. The number of urea groups is 1. The molecule has 1 heterocycles. The molecule has 42 heavy (non-hydrogen) atoms. The second kappa shape index (κ2) is 12.6. The zero-order valence-electron chi connectivity index (χ0n) is 23.5. The van der Waals surface area contributed by atoms with Gasteiger partial charge < -0.3 is 30.0 Å². The second-order valence-corrected chi connectivity index (χ2v) is 9.65. The van der Waals surface area contributed by atoms with Crippen LogP contribution in [0.25, 0.3) is 21.5 Å². The van der Waals surface area contributed by atoms with Crippen molar-refractivity contribution in [1.82, 2.24) is 16.1 Å². The van der Waals surface area contributed by atoms with Gasteiger partial charge in [-0.1, -0.05) is 54.6 Å². The van der Waals surface area contributed by atoms with Crippen molar-refractivity contribution in [2.45, 2.75) is 26.1 Å². The maximum absolute atomic E-state index is 12.5. The molecule has 4 N–H and O–H groups in total. The number of nitrogens with one attached hydrogen (secondary N) is 3. The number of carbonyl (C=O) groups excluding carboxylic acids is 2. The molecule has 2 amide bonds. The average molecular weight is 569 g/mol. The summed E-state index contributed by atoms with van der Waals surface area (Å²) in [4.78, 5) is 24.6. The first-order chi connectivity index (χ1) is 20.4. The third kappa shape index (κ3) is 5.98. The predicted molar refractivity (Wildman–Crippen MR) is 160 cm³/mol. The minimum absolute atomic E-state index is 0.121. The Morgan fingerprint density at radius 1 is 1.02 bits per heavy atom. The van der Waals surface area contributed by atoms with Crippen molar-refractivity contribution in [3.05, 3.63) is 95.2 Å². The summed E-state index contributed by atoms with van der Waals surface area (Å²) in [6.45, 7) is 3.69. The lowest BCUT2D eigenvalue weighted by molar-refractivity contribution is -0.136. The van der Waals surface area contributed by atoms with Gasteiger partial charge in [-0.25, -0.2) is 9.59 Å². The Morgan fingerprint density at radius 2 is 1.71 bits per heavy atom. The molecule has 4 aromatic carbocycles. The van der Waals surface area contributed by atoms with Gasteiger partial charge in [-0.15, -0.1) is 0 Å². The summed E-state index contributed by atoms with van der Waals surface area (Å²) in [6.07, 6.45) is 0.590. The predicted octanol–water partition coefficient (Wildman–Crippen LogP) is 4.51. The van der Waals surface area contributed by atoms with E-state index >= 15 is 0 Å². The Kier molecular flexibility index (Phi) is 8.54. The van der Waals surface area contributed by atoms with Crippen LogP contribution in [0.3, 0.4) is 0 Å². The number of carbonyl (C=O) groups is 2. The molecular weight excluding hydrogens is 536 g/mol. The summed E-state index contributed by atoms with van der Waals surface area (Å²) in [6, 6.07) is 22.2. The summed E-state index contributed by atoms with van der Waals surface area (Å²) < 4.78 is 16.6. The molecule has 0 aliphatic carbocycles. The second-order valence-electron chi connectivity index (χ2n) is 9.65. The monoisotopic (exact) mass is 568 g/mol. The van der Waals surface area contributed by atoms with Crippen LogP contribution in [0.4, 0.5) is 4.79 Å². The number of hydrogen-bond acceptors (Lipinski definition) is 8. The smallest absolute Gasteiger partial charge is 0.337 e. The number of aliphatic hydroxyl groups excluding tert-OH is 1. The molecule has 10 heteroatoms. The number of allylic oxidation sites excluding steroid dienone is 1. The van der Waals surface area contributed by atoms with Crippen molar-refractivity contribution >= 4 is 39.8 Å². The molecule has 1 aliphatic heterocycles. The Morgan fingerprint density at radius 3 is 2.38 bits per heavy atom. The highest BCUT2D eigenvalue weighted by molar-refractivity contribution is 6.13. The van der Waals surface area contributed by atoms with Gasteiger partial charge >= 0.3 is 12.0 Å². The third-order valence-electron chi connectivity index (χ3n) is 6.90. The fourth-order valence-corrected chi connectivity index (χ4v) is 5.00. The molecule has 0 fully saturated rings. The number of aliphatic hydroxyl groups is 1. The lowest BCUT2D eigenvalue weighted by atomic mass is 9.95. The average Bonchev–Trinajstić information content (AvgIpc) is 2.99. The van der Waals surface area contributed by atoms with Crippen molar-refractivity contribution in [3.8, 4) is 11.5 Å². The van der Waals surface area contributed by atoms with Gasteiger partial charge in [-0.05, 0) is 59.2 Å². The number of ether oxygens (including phenoxy) is 3. The first-order valence-corrected chi connectivity index (χ1v) is 13.5. The lowest BCUT2D eigenvalue weighted by Crippen LogP contribution is -2.45. The van der Waals surface area contributed by atoms with Crippen LogP contribution in [0, 0.1) is 0 Å². The van der Waals surface area contributed by atoms with Gasteiger partial charge in [-0.2, -0.15) is 5.10 Å². The number of amides is 2. The van der Waals surface area contributed by atoms with Crippen LogP contribution in [0.1, 0.15) is 31.0 Å². The van der Waals surface area contributed by atoms with Gasteiger partial charge in [-0.3, -0.25) is 5.43 Å². The Balaban J connectivity index is 1.31. The number of methoxy groups -OCH3 is 1. The number of hydrogen-bond donors (Lipinski definition) is 4. The van der Waals surface area contributed by atoms with E-state index in [1.807, 2.05) is 43.3 Å². The lowest BCUT2D eigenvalue weighted by Gasteiger charge is -2.28. The molecule has 0 saturated heterocycles. The van der Waals surface area contributed by atoms with Gasteiger partial charge in [0, 0.05) is 11.3 Å². The third-order valence-corrected chi connectivity index (χ3v) is 6.90. The Labute approximate surface area is 243 Å². The topological polar surface area (TPSA) is 131 Å². The van der Waals surface area contributed by atoms with E-state index in [0.29, 0.717) is 29.4 Å². The molecule has 5 rings (SSSR count). The molecule has 10 nitrogen and oxygen atoms in total. The van der Waals surface area contributed by atoms with E-state index in [1.54, 1.807) is 31.3 Å². The number of fused-ring (bicyclic) bond motifs is 2. The normalized spacial score (nSPS) is 15.8. The molecule has 0 saturated carbocycles. The van der Waals surface area contributed by atoms with Crippen molar-refractivity contribution in [1.29, 1.82) is 0 Å². The molecule has 0 bridgehead atoms. The highest BCUT2D eigenvalue weighted by atomic mass is 16.5.